The Morgan fingerprint density at radius 1 is 0.714 bits per heavy atom. The molecule has 0 heterocycles. The maximum atomic E-state index is 14.2. The third-order valence-corrected chi connectivity index (χ3v) is 4.52. The van der Waals surface area contributed by atoms with Crippen molar-refractivity contribution < 1.29 is 44.3 Å². The van der Waals surface area contributed by atoms with Crippen molar-refractivity contribution in [1.82, 2.24) is 0 Å². The van der Waals surface area contributed by atoms with Crippen molar-refractivity contribution >= 4 is 0 Å². The number of halogens is 9. The Balaban J connectivity index is 3.51. The van der Waals surface area contributed by atoms with Gasteiger partial charge in [-0.05, 0) is 23.5 Å². The molecule has 1 aromatic carbocycles. The highest BCUT2D eigenvalue weighted by molar-refractivity contribution is 5.37. The molecule has 0 aliphatic heterocycles. The number of alkyl halides is 9. The number of hydrogen-bond acceptors (Lipinski definition) is 1. The largest absolute Gasteiger partial charge is 0.460 e. The fourth-order valence-corrected chi connectivity index (χ4v) is 2.82. The van der Waals surface area contributed by atoms with Crippen molar-refractivity contribution in [2.45, 2.75) is 69.1 Å². The molecule has 1 atom stereocenters. The molecule has 0 radical (unpaired) electrons. The van der Waals surface area contributed by atoms with E-state index >= 15 is 0 Å². The van der Waals surface area contributed by atoms with Crippen molar-refractivity contribution in [1.29, 1.82) is 0 Å². The van der Waals surface area contributed by atoms with Crippen molar-refractivity contribution in [3.63, 3.8) is 0 Å². The average molecular weight is 424 g/mol. The Morgan fingerprint density at radius 3 is 1.50 bits per heavy atom. The van der Waals surface area contributed by atoms with Crippen LogP contribution in [0.3, 0.4) is 0 Å². The molecule has 162 valence electrons. The molecular weight excluding hydrogens is 403 g/mol. The molecule has 28 heavy (non-hydrogen) atoms. The summed E-state index contributed by atoms with van der Waals surface area (Å²) in [5.74, 6) is -19.3. The number of methoxy groups -OCH3 is 1. The van der Waals surface area contributed by atoms with Gasteiger partial charge in [0, 0.05) is 7.11 Å². The second-order valence-corrected chi connectivity index (χ2v) is 7.76. The van der Waals surface area contributed by atoms with Crippen LogP contribution in [0, 0.1) is 0 Å². The van der Waals surface area contributed by atoms with Crippen LogP contribution in [0.15, 0.2) is 24.3 Å². The second-order valence-electron chi connectivity index (χ2n) is 7.76. The van der Waals surface area contributed by atoms with E-state index in [4.69, 9.17) is 4.74 Å². The summed E-state index contributed by atoms with van der Waals surface area (Å²) in [6, 6.07) is 5.72. The SMILES string of the molecule is COC(C)(CC(F)(F)C(F)(F)C(F)(F)C(F)(F)F)c1ccccc1C(C)(C)C. The van der Waals surface area contributed by atoms with Gasteiger partial charge in [0.2, 0.25) is 0 Å². The van der Waals surface area contributed by atoms with Crippen LogP contribution < -0.4 is 0 Å². The predicted octanol–water partition coefficient (Wildman–Crippen LogP) is 6.70. The van der Waals surface area contributed by atoms with E-state index in [-0.39, 0.29) is 5.56 Å². The normalized spacial score (nSPS) is 16.8. The zero-order valence-corrected chi connectivity index (χ0v) is 15.8. The summed E-state index contributed by atoms with van der Waals surface area (Å²) < 4.78 is 124. The zero-order valence-electron chi connectivity index (χ0n) is 15.8. The maximum Gasteiger partial charge on any atom is 0.460 e. The highest BCUT2D eigenvalue weighted by Gasteiger charge is 2.82. The molecular formula is C18H21F9O. The average Bonchev–Trinajstić information content (AvgIpc) is 2.52. The molecule has 0 spiro atoms. The molecule has 0 fully saturated rings. The first-order valence-corrected chi connectivity index (χ1v) is 8.10. The number of hydrogen-bond donors (Lipinski definition) is 0. The minimum Gasteiger partial charge on any atom is -0.374 e. The lowest BCUT2D eigenvalue weighted by Gasteiger charge is -2.40. The van der Waals surface area contributed by atoms with E-state index in [0.717, 1.165) is 14.0 Å². The van der Waals surface area contributed by atoms with Gasteiger partial charge in [-0.2, -0.15) is 39.5 Å². The van der Waals surface area contributed by atoms with E-state index in [1.54, 1.807) is 26.8 Å². The molecule has 0 aliphatic carbocycles. The van der Waals surface area contributed by atoms with Gasteiger partial charge in [-0.1, -0.05) is 45.0 Å². The van der Waals surface area contributed by atoms with Crippen LogP contribution in [-0.2, 0) is 15.8 Å². The highest BCUT2D eigenvalue weighted by Crippen LogP contribution is 2.56. The molecule has 10 heteroatoms. The van der Waals surface area contributed by atoms with Gasteiger partial charge in [0.05, 0.1) is 12.0 Å². The number of ether oxygens (including phenoxy) is 1. The topological polar surface area (TPSA) is 9.23 Å². The zero-order chi connectivity index (χ0) is 22.4. The second kappa shape index (κ2) is 7.11. The van der Waals surface area contributed by atoms with E-state index < -0.39 is 41.4 Å². The van der Waals surface area contributed by atoms with Gasteiger partial charge in [-0.3, -0.25) is 0 Å². The van der Waals surface area contributed by atoms with Crippen molar-refractivity contribution in [2.75, 3.05) is 7.11 Å². The van der Waals surface area contributed by atoms with Gasteiger partial charge in [0.1, 0.15) is 0 Å². The summed E-state index contributed by atoms with van der Waals surface area (Å²) in [5.41, 5.74) is -2.57. The first-order valence-electron chi connectivity index (χ1n) is 8.10. The van der Waals surface area contributed by atoms with Crippen molar-refractivity contribution in [3.05, 3.63) is 35.4 Å². The predicted molar refractivity (Wildman–Crippen MR) is 85.0 cm³/mol. The van der Waals surface area contributed by atoms with Gasteiger partial charge < -0.3 is 4.74 Å². The monoisotopic (exact) mass is 424 g/mol. The molecule has 0 aromatic heterocycles. The quantitative estimate of drug-likeness (QED) is 0.462. The summed E-state index contributed by atoms with van der Waals surface area (Å²) in [4.78, 5) is 0. The third kappa shape index (κ3) is 4.11. The van der Waals surface area contributed by atoms with Crippen molar-refractivity contribution in [2.24, 2.45) is 0 Å². The smallest absolute Gasteiger partial charge is 0.374 e. The lowest BCUT2D eigenvalue weighted by Crippen LogP contribution is -2.62. The molecule has 0 saturated heterocycles. The molecule has 1 unspecified atom stereocenters. The molecule has 0 aliphatic rings. The summed E-state index contributed by atoms with van der Waals surface area (Å²) in [6.07, 6.45) is -8.95. The Labute approximate surface area is 156 Å². The Bertz CT molecular complexity index is 689. The summed E-state index contributed by atoms with van der Waals surface area (Å²) in [5, 5.41) is 0. The van der Waals surface area contributed by atoms with Gasteiger partial charge in [0.25, 0.3) is 0 Å². The molecule has 0 bridgehead atoms. The van der Waals surface area contributed by atoms with Crippen LogP contribution in [0.4, 0.5) is 39.5 Å². The van der Waals surface area contributed by atoms with Crippen LogP contribution in [0.1, 0.15) is 45.2 Å². The molecule has 1 nitrogen and oxygen atoms in total. The highest BCUT2D eigenvalue weighted by atomic mass is 19.4. The van der Waals surface area contributed by atoms with Gasteiger partial charge >= 0.3 is 23.9 Å². The van der Waals surface area contributed by atoms with Gasteiger partial charge in [0.15, 0.2) is 0 Å². The van der Waals surface area contributed by atoms with E-state index in [2.05, 4.69) is 0 Å². The minimum atomic E-state index is -6.93. The van der Waals surface area contributed by atoms with E-state index in [9.17, 15) is 39.5 Å². The molecule has 0 N–H and O–H groups in total. The fourth-order valence-electron chi connectivity index (χ4n) is 2.82. The Hall–Kier alpha value is -1.45. The van der Waals surface area contributed by atoms with Crippen molar-refractivity contribution in [3.8, 4) is 0 Å². The number of benzene rings is 1. The fraction of sp³-hybridized carbons (Fsp3) is 0.667. The Morgan fingerprint density at radius 2 is 1.14 bits per heavy atom. The van der Waals surface area contributed by atoms with Crippen LogP contribution in [0.5, 0.6) is 0 Å². The lowest BCUT2D eigenvalue weighted by atomic mass is 9.76. The Kier molecular flexibility index (Phi) is 6.24. The molecule has 1 rings (SSSR count). The summed E-state index contributed by atoms with van der Waals surface area (Å²) in [6.45, 7) is 6.00. The minimum absolute atomic E-state index is 0.0178. The van der Waals surface area contributed by atoms with Crippen LogP contribution in [0.2, 0.25) is 0 Å². The van der Waals surface area contributed by atoms with Gasteiger partial charge in [-0.25, -0.2) is 0 Å². The standard InChI is InChI=1S/C18H21F9O/c1-13(2,3)11-8-6-7-9-12(11)14(4,28-5)10-15(19,20)16(21,22)17(23,24)18(25,26)27/h6-9H,10H2,1-5H3. The molecule has 0 saturated carbocycles. The van der Waals surface area contributed by atoms with E-state index in [1.165, 1.54) is 18.2 Å². The first-order chi connectivity index (χ1) is 12.2. The maximum absolute atomic E-state index is 14.2. The van der Waals surface area contributed by atoms with Crippen LogP contribution in [0.25, 0.3) is 0 Å². The number of rotatable bonds is 6. The van der Waals surface area contributed by atoms with Crippen LogP contribution >= 0.6 is 0 Å². The van der Waals surface area contributed by atoms with E-state index in [0.29, 0.717) is 5.56 Å². The molecule has 0 amide bonds. The molecule has 1 aromatic rings. The third-order valence-electron chi connectivity index (χ3n) is 4.52. The van der Waals surface area contributed by atoms with Gasteiger partial charge in [-0.15, -0.1) is 0 Å². The summed E-state index contributed by atoms with van der Waals surface area (Å²) >= 11 is 0. The van der Waals surface area contributed by atoms with E-state index in [1.807, 2.05) is 0 Å². The summed E-state index contributed by atoms with van der Waals surface area (Å²) in [7, 11) is 0.884. The van der Waals surface area contributed by atoms with Crippen LogP contribution in [-0.4, -0.2) is 31.1 Å². The first kappa shape index (κ1) is 24.6. The lowest BCUT2D eigenvalue weighted by molar-refractivity contribution is -0.400.